The number of rotatable bonds is 4. The first-order valence-electron chi connectivity index (χ1n) is 6.61. The molecule has 1 N–H and O–H groups in total. The van der Waals surface area contributed by atoms with E-state index in [1.54, 1.807) is 7.11 Å². The van der Waals surface area contributed by atoms with Crippen molar-refractivity contribution in [3.63, 3.8) is 0 Å². The van der Waals surface area contributed by atoms with Gasteiger partial charge in [0.05, 0.1) is 12.8 Å². The second-order valence-corrected chi connectivity index (χ2v) is 5.06. The number of methoxy groups -OCH3 is 1. The Morgan fingerprint density at radius 2 is 2.16 bits per heavy atom. The molecule has 100 valence electrons. The Morgan fingerprint density at radius 1 is 1.32 bits per heavy atom. The van der Waals surface area contributed by atoms with Crippen molar-refractivity contribution in [2.45, 2.75) is 12.6 Å². The number of benzene rings is 1. The van der Waals surface area contributed by atoms with Crippen LogP contribution in [0.4, 0.5) is 0 Å². The quantitative estimate of drug-likeness (QED) is 0.903. The van der Waals surface area contributed by atoms with E-state index in [0.717, 1.165) is 42.0 Å². The van der Waals surface area contributed by atoms with Gasteiger partial charge in [-0.05, 0) is 19.2 Å². The fraction of sp³-hybridized carbons (Fsp3) is 0.400. The van der Waals surface area contributed by atoms with E-state index in [-0.39, 0.29) is 0 Å². The molecule has 19 heavy (non-hydrogen) atoms. The third kappa shape index (κ3) is 2.41. The van der Waals surface area contributed by atoms with Gasteiger partial charge in [0, 0.05) is 31.1 Å². The highest BCUT2D eigenvalue weighted by Crippen LogP contribution is 2.24. The highest BCUT2D eigenvalue weighted by atomic mass is 16.5. The van der Waals surface area contributed by atoms with Gasteiger partial charge in [-0.1, -0.05) is 18.2 Å². The number of hydrogen-bond acceptors (Lipinski definition) is 4. The molecule has 4 nitrogen and oxygen atoms in total. The van der Waals surface area contributed by atoms with Crippen molar-refractivity contribution in [3.05, 3.63) is 36.0 Å². The van der Waals surface area contributed by atoms with E-state index >= 15 is 0 Å². The highest BCUT2D eigenvalue weighted by Gasteiger charge is 2.21. The maximum Gasteiger partial charge on any atom is 0.145 e. The molecule has 4 heteroatoms. The summed E-state index contributed by atoms with van der Waals surface area (Å²) in [6.45, 7) is 3.03. The molecule has 1 aliphatic rings. The lowest BCUT2D eigenvalue weighted by Gasteiger charge is -2.35. The third-order valence-corrected chi connectivity index (χ3v) is 3.76. The lowest BCUT2D eigenvalue weighted by molar-refractivity contribution is 0.171. The van der Waals surface area contributed by atoms with Gasteiger partial charge in [0.1, 0.15) is 11.3 Å². The molecule has 1 aliphatic heterocycles. The Kier molecular flexibility index (Phi) is 3.36. The van der Waals surface area contributed by atoms with Crippen molar-refractivity contribution in [2.75, 3.05) is 27.2 Å². The summed E-state index contributed by atoms with van der Waals surface area (Å²) in [7, 11) is 3.84. The lowest BCUT2D eigenvalue weighted by atomic mass is 10.1. The van der Waals surface area contributed by atoms with Crippen LogP contribution in [-0.4, -0.2) is 43.2 Å². The average molecular weight is 257 g/mol. The zero-order valence-electron chi connectivity index (χ0n) is 11.4. The van der Waals surface area contributed by atoms with Crippen molar-refractivity contribution < 1.29 is 4.74 Å². The van der Waals surface area contributed by atoms with Gasteiger partial charge in [0.2, 0.25) is 0 Å². The van der Waals surface area contributed by atoms with E-state index in [1.807, 2.05) is 12.1 Å². The molecule has 0 aliphatic carbocycles. The van der Waals surface area contributed by atoms with Gasteiger partial charge in [0.25, 0.3) is 0 Å². The molecule has 2 aromatic rings. The van der Waals surface area contributed by atoms with Gasteiger partial charge < -0.3 is 10.1 Å². The molecule has 2 heterocycles. The van der Waals surface area contributed by atoms with Crippen LogP contribution in [0.15, 0.2) is 30.3 Å². The molecule has 1 aromatic heterocycles. The normalized spacial score (nSPS) is 15.7. The van der Waals surface area contributed by atoms with Gasteiger partial charge in [-0.3, -0.25) is 4.90 Å². The minimum Gasteiger partial charge on any atom is -0.494 e. The number of ether oxygens (including phenoxy) is 1. The predicted octanol–water partition coefficient (Wildman–Crippen LogP) is 1.65. The Balaban J connectivity index is 1.87. The topological polar surface area (TPSA) is 37.4 Å². The van der Waals surface area contributed by atoms with Crippen LogP contribution < -0.4 is 10.1 Å². The van der Waals surface area contributed by atoms with Gasteiger partial charge in [-0.2, -0.15) is 0 Å². The Labute approximate surface area is 113 Å². The molecule has 1 fully saturated rings. The van der Waals surface area contributed by atoms with Gasteiger partial charge >= 0.3 is 0 Å². The number of nitrogens with one attached hydrogen (secondary N) is 1. The molecular formula is C15H19N3O. The van der Waals surface area contributed by atoms with Crippen LogP contribution >= 0.6 is 0 Å². The van der Waals surface area contributed by atoms with E-state index < -0.39 is 0 Å². The molecule has 0 spiro atoms. The number of para-hydroxylation sites is 1. The fourth-order valence-electron chi connectivity index (χ4n) is 2.38. The summed E-state index contributed by atoms with van der Waals surface area (Å²) in [4.78, 5) is 7.09. The predicted molar refractivity (Wildman–Crippen MR) is 76.4 cm³/mol. The standard InChI is InChI=1S/C15H19N3O/c1-18(13-8-16-9-13)10-12-7-6-11-4-3-5-14(19-2)15(11)17-12/h3-7,13,16H,8-10H2,1-2H3. The highest BCUT2D eigenvalue weighted by molar-refractivity contribution is 5.84. The lowest BCUT2D eigenvalue weighted by Crippen LogP contribution is -2.55. The van der Waals surface area contributed by atoms with Crippen molar-refractivity contribution in [1.29, 1.82) is 0 Å². The molecule has 0 unspecified atom stereocenters. The van der Waals surface area contributed by atoms with Crippen LogP contribution in [0, 0.1) is 0 Å². The molecule has 1 saturated heterocycles. The molecule has 1 aromatic carbocycles. The van der Waals surface area contributed by atoms with Crippen molar-refractivity contribution >= 4 is 10.9 Å². The van der Waals surface area contributed by atoms with Crippen LogP contribution in [0.2, 0.25) is 0 Å². The van der Waals surface area contributed by atoms with Crippen LogP contribution in [-0.2, 0) is 6.54 Å². The second kappa shape index (κ2) is 5.15. The largest absolute Gasteiger partial charge is 0.494 e. The monoisotopic (exact) mass is 257 g/mol. The SMILES string of the molecule is COc1cccc2ccc(CN(C)C3CNC3)nc12. The molecule has 0 atom stereocenters. The Morgan fingerprint density at radius 3 is 2.84 bits per heavy atom. The summed E-state index contributed by atoms with van der Waals surface area (Å²) in [6.07, 6.45) is 0. The maximum atomic E-state index is 5.38. The summed E-state index contributed by atoms with van der Waals surface area (Å²) in [5.41, 5.74) is 2.04. The summed E-state index contributed by atoms with van der Waals surface area (Å²) in [6, 6.07) is 10.9. The summed E-state index contributed by atoms with van der Waals surface area (Å²) in [5.74, 6) is 0.840. The van der Waals surface area contributed by atoms with Crippen LogP contribution in [0.3, 0.4) is 0 Å². The summed E-state index contributed by atoms with van der Waals surface area (Å²) < 4.78 is 5.38. The number of aromatic nitrogens is 1. The summed E-state index contributed by atoms with van der Waals surface area (Å²) >= 11 is 0. The molecule has 0 amide bonds. The number of fused-ring (bicyclic) bond motifs is 1. The molecule has 0 saturated carbocycles. The first kappa shape index (κ1) is 12.4. The van der Waals surface area contributed by atoms with Crippen molar-refractivity contribution in [2.24, 2.45) is 0 Å². The second-order valence-electron chi connectivity index (χ2n) is 5.06. The third-order valence-electron chi connectivity index (χ3n) is 3.76. The minimum atomic E-state index is 0.634. The van der Waals surface area contributed by atoms with E-state index in [0.29, 0.717) is 6.04 Å². The number of nitrogens with zero attached hydrogens (tertiary/aromatic N) is 2. The maximum absolute atomic E-state index is 5.38. The summed E-state index contributed by atoms with van der Waals surface area (Å²) in [5, 5.41) is 4.42. The van der Waals surface area contributed by atoms with E-state index in [2.05, 4.69) is 35.5 Å². The van der Waals surface area contributed by atoms with E-state index in [9.17, 15) is 0 Å². The van der Waals surface area contributed by atoms with E-state index in [1.165, 1.54) is 0 Å². The molecule has 0 bridgehead atoms. The first-order valence-corrected chi connectivity index (χ1v) is 6.61. The molecular weight excluding hydrogens is 238 g/mol. The Bertz CT molecular complexity index is 581. The minimum absolute atomic E-state index is 0.634. The Hall–Kier alpha value is -1.65. The van der Waals surface area contributed by atoms with Crippen molar-refractivity contribution in [3.8, 4) is 5.75 Å². The zero-order valence-corrected chi connectivity index (χ0v) is 11.4. The van der Waals surface area contributed by atoms with Gasteiger partial charge in [-0.25, -0.2) is 4.98 Å². The molecule has 0 radical (unpaired) electrons. The zero-order chi connectivity index (χ0) is 13.2. The first-order chi connectivity index (χ1) is 9.28. The van der Waals surface area contributed by atoms with Gasteiger partial charge in [-0.15, -0.1) is 0 Å². The van der Waals surface area contributed by atoms with Crippen LogP contribution in [0.5, 0.6) is 5.75 Å². The van der Waals surface area contributed by atoms with E-state index in [4.69, 9.17) is 9.72 Å². The van der Waals surface area contributed by atoms with Crippen LogP contribution in [0.25, 0.3) is 10.9 Å². The fourth-order valence-corrected chi connectivity index (χ4v) is 2.38. The molecule has 3 rings (SSSR count). The van der Waals surface area contributed by atoms with Crippen molar-refractivity contribution in [1.82, 2.24) is 15.2 Å². The number of likely N-dealkylation sites (N-methyl/N-ethyl adjacent to an activating group) is 1. The van der Waals surface area contributed by atoms with Crippen LogP contribution in [0.1, 0.15) is 5.69 Å². The number of pyridine rings is 1. The number of hydrogen-bond donors (Lipinski definition) is 1. The smallest absolute Gasteiger partial charge is 0.145 e. The average Bonchev–Trinajstić information content (AvgIpc) is 2.35. The van der Waals surface area contributed by atoms with Gasteiger partial charge in [0.15, 0.2) is 0 Å².